The molecule has 146 valence electrons. The van der Waals surface area contributed by atoms with Crippen LogP contribution in [-0.2, 0) is 13.0 Å². The number of aryl methyl sites for hydroxylation is 1. The molecule has 1 fully saturated rings. The van der Waals surface area contributed by atoms with Gasteiger partial charge in [0, 0.05) is 56.6 Å². The van der Waals surface area contributed by atoms with Gasteiger partial charge in [-0.3, -0.25) is 9.69 Å². The van der Waals surface area contributed by atoms with E-state index in [9.17, 15) is 4.79 Å². The fourth-order valence-electron chi connectivity index (χ4n) is 4.42. The fraction of sp³-hybridized carbons (Fsp3) is 0.455. The highest BCUT2D eigenvalue weighted by molar-refractivity contribution is 7.22. The van der Waals surface area contributed by atoms with E-state index in [-0.39, 0.29) is 0 Å². The summed E-state index contributed by atoms with van der Waals surface area (Å²) in [5, 5.41) is 1.16. The topological polar surface area (TPSA) is 41.4 Å². The van der Waals surface area contributed by atoms with Gasteiger partial charge in [0.2, 0.25) is 0 Å². The number of hydrogen-bond donors (Lipinski definition) is 0. The minimum atomic E-state index is 0.325. The van der Waals surface area contributed by atoms with Crippen molar-refractivity contribution >= 4 is 32.5 Å². The molecular weight excluding hydrogens is 368 g/mol. The predicted octanol–water partition coefficient (Wildman–Crippen LogP) is 3.83. The number of carbonyl (C=O) groups is 1. The summed E-state index contributed by atoms with van der Waals surface area (Å²) in [7, 11) is 0. The molecule has 0 unspecified atom stereocenters. The molecular formula is C22H26N4OS. The van der Waals surface area contributed by atoms with E-state index in [1.165, 1.54) is 10.4 Å². The minimum absolute atomic E-state index is 0.325. The molecule has 1 saturated heterocycles. The molecule has 2 aliphatic rings. The highest BCUT2D eigenvalue weighted by atomic mass is 32.1. The first-order chi connectivity index (χ1) is 13.8. The molecule has 3 heterocycles. The zero-order valence-electron chi connectivity index (χ0n) is 16.1. The van der Waals surface area contributed by atoms with Gasteiger partial charge < -0.3 is 9.47 Å². The Labute approximate surface area is 169 Å². The summed E-state index contributed by atoms with van der Waals surface area (Å²) < 4.78 is 3.58. The van der Waals surface area contributed by atoms with Gasteiger partial charge in [-0.2, -0.15) is 0 Å². The van der Waals surface area contributed by atoms with E-state index in [0.29, 0.717) is 5.78 Å². The van der Waals surface area contributed by atoms with Gasteiger partial charge in [0.1, 0.15) is 0 Å². The fourth-order valence-corrected chi connectivity index (χ4v) is 5.44. The smallest absolute Gasteiger partial charge is 0.186 e. The number of hydrogen-bond acceptors (Lipinski definition) is 5. The Morgan fingerprint density at radius 1 is 1.00 bits per heavy atom. The second-order valence-electron chi connectivity index (χ2n) is 7.79. The summed E-state index contributed by atoms with van der Waals surface area (Å²) in [6.45, 7) is 6.42. The van der Waals surface area contributed by atoms with Crippen molar-refractivity contribution in [3.8, 4) is 0 Å². The summed E-state index contributed by atoms with van der Waals surface area (Å²) in [4.78, 5) is 21.8. The molecule has 1 aliphatic heterocycles. The number of nitrogens with zero attached hydrogens (tertiary/aromatic N) is 4. The van der Waals surface area contributed by atoms with Crippen LogP contribution in [0, 0.1) is 0 Å². The number of aromatic nitrogens is 2. The molecule has 5 nitrogen and oxygen atoms in total. The van der Waals surface area contributed by atoms with Gasteiger partial charge in [-0.25, -0.2) is 4.98 Å². The zero-order chi connectivity index (χ0) is 18.9. The summed E-state index contributed by atoms with van der Waals surface area (Å²) >= 11 is 1.80. The first kappa shape index (κ1) is 17.9. The maximum absolute atomic E-state index is 12.0. The number of benzene rings is 1. The maximum atomic E-state index is 12.0. The summed E-state index contributed by atoms with van der Waals surface area (Å²) in [5.41, 5.74) is 3.34. The average molecular weight is 395 g/mol. The molecule has 0 N–H and O–H groups in total. The first-order valence-corrected chi connectivity index (χ1v) is 11.1. The number of Topliss-reactive ketones (excluding diaryl/α,β-unsaturated/α-hetero) is 1. The third kappa shape index (κ3) is 3.47. The lowest BCUT2D eigenvalue weighted by Gasteiger charge is -2.34. The van der Waals surface area contributed by atoms with Crippen LogP contribution in [0.4, 0.5) is 5.13 Å². The highest BCUT2D eigenvalue weighted by Gasteiger charge is 2.21. The summed E-state index contributed by atoms with van der Waals surface area (Å²) in [6, 6.07) is 10.4. The Balaban J connectivity index is 1.12. The normalized spacial score (nSPS) is 18.0. The zero-order valence-corrected chi connectivity index (χ0v) is 17.0. The number of carbonyl (C=O) groups excluding carboxylic acids is 1. The number of piperazine rings is 1. The average Bonchev–Trinajstić information content (AvgIpc) is 3.34. The van der Waals surface area contributed by atoms with Crippen LogP contribution in [0.5, 0.6) is 0 Å². The van der Waals surface area contributed by atoms with Gasteiger partial charge in [0.15, 0.2) is 10.9 Å². The second kappa shape index (κ2) is 7.68. The lowest BCUT2D eigenvalue weighted by atomic mass is 9.97. The highest BCUT2D eigenvalue weighted by Crippen LogP contribution is 2.29. The molecule has 0 saturated carbocycles. The number of thiazole rings is 1. The SMILES string of the molecule is O=C1CCCc2c1ccn2CCCN1CCN(c2nc3ccccc3s2)CC1. The van der Waals surface area contributed by atoms with Gasteiger partial charge in [-0.1, -0.05) is 23.5 Å². The van der Waals surface area contributed by atoms with Gasteiger partial charge in [-0.15, -0.1) is 0 Å². The van der Waals surface area contributed by atoms with Crippen LogP contribution in [-0.4, -0.2) is 53.0 Å². The van der Waals surface area contributed by atoms with E-state index in [2.05, 4.69) is 44.8 Å². The van der Waals surface area contributed by atoms with E-state index in [4.69, 9.17) is 4.98 Å². The number of anilines is 1. The largest absolute Gasteiger partial charge is 0.351 e. The molecule has 3 aromatic rings. The minimum Gasteiger partial charge on any atom is -0.351 e. The van der Waals surface area contributed by atoms with Crippen LogP contribution in [0.3, 0.4) is 0 Å². The van der Waals surface area contributed by atoms with Crippen LogP contribution in [0.1, 0.15) is 35.3 Å². The maximum Gasteiger partial charge on any atom is 0.186 e. The van der Waals surface area contributed by atoms with Crippen molar-refractivity contribution in [2.75, 3.05) is 37.6 Å². The van der Waals surface area contributed by atoms with E-state index in [1.54, 1.807) is 11.3 Å². The Hall–Kier alpha value is -2.18. The van der Waals surface area contributed by atoms with Crippen LogP contribution in [0.25, 0.3) is 10.2 Å². The van der Waals surface area contributed by atoms with E-state index >= 15 is 0 Å². The molecule has 28 heavy (non-hydrogen) atoms. The molecule has 5 rings (SSSR count). The number of ketones is 1. The third-order valence-corrected chi connectivity index (χ3v) is 7.09. The van der Waals surface area contributed by atoms with Crippen LogP contribution in [0.2, 0.25) is 0 Å². The standard InChI is InChI=1S/C22H26N4OS/c27-20-7-3-6-19-17(20)9-12-25(19)11-4-10-24-13-15-26(16-14-24)22-23-18-5-1-2-8-21(18)28-22/h1-2,5,8-9,12H,3-4,6-7,10-11,13-16H2. The third-order valence-electron chi connectivity index (χ3n) is 6.00. The number of rotatable bonds is 5. The molecule has 0 radical (unpaired) electrons. The Kier molecular flexibility index (Phi) is 4.91. The van der Waals surface area contributed by atoms with E-state index in [0.717, 1.165) is 81.2 Å². The molecule has 1 aromatic carbocycles. The van der Waals surface area contributed by atoms with Crippen molar-refractivity contribution in [3.63, 3.8) is 0 Å². The number of para-hydroxylation sites is 1. The molecule has 2 aromatic heterocycles. The Morgan fingerprint density at radius 3 is 2.71 bits per heavy atom. The van der Waals surface area contributed by atoms with Crippen molar-refractivity contribution < 1.29 is 4.79 Å². The van der Waals surface area contributed by atoms with E-state index < -0.39 is 0 Å². The van der Waals surface area contributed by atoms with Crippen molar-refractivity contribution in [1.82, 2.24) is 14.5 Å². The van der Waals surface area contributed by atoms with Crippen LogP contribution >= 0.6 is 11.3 Å². The molecule has 0 spiro atoms. The molecule has 0 amide bonds. The van der Waals surface area contributed by atoms with Crippen molar-refractivity contribution in [2.45, 2.75) is 32.2 Å². The molecule has 0 atom stereocenters. The summed E-state index contributed by atoms with van der Waals surface area (Å²) in [6.07, 6.45) is 6.02. The van der Waals surface area contributed by atoms with Gasteiger partial charge >= 0.3 is 0 Å². The predicted molar refractivity (Wildman–Crippen MR) is 115 cm³/mol. The van der Waals surface area contributed by atoms with Gasteiger partial charge in [-0.05, 0) is 44.0 Å². The molecule has 1 aliphatic carbocycles. The Morgan fingerprint density at radius 2 is 1.86 bits per heavy atom. The van der Waals surface area contributed by atoms with Crippen molar-refractivity contribution in [2.24, 2.45) is 0 Å². The number of fused-ring (bicyclic) bond motifs is 2. The molecule has 0 bridgehead atoms. The van der Waals surface area contributed by atoms with Crippen molar-refractivity contribution in [1.29, 1.82) is 0 Å². The summed E-state index contributed by atoms with van der Waals surface area (Å²) in [5.74, 6) is 0.325. The van der Waals surface area contributed by atoms with Crippen LogP contribution in [0.15, 0.2) is 36.5 Å². The second-order valence-corrected chi connectivity index (χ2v) is 8.80. The lowest BCUT2D eigenvalue weighted by molar-refractivity contribution is 0.0971. The lowest BCUT2D eigenvalue weighted by Crippen LogP contribution is -2.46. The monoisotopic (exact) mass is 394 g/mol. The molecule has 6 heteroatoms. The van der Waals surface area contributed by atoms with Crippen LogP contribution < -0.4 is 4.90 Å². The van der Waals surface area contributed by atoms with Gasteiger partial charge in [0.25, 0.3) is 0 Å². The first-order valence-electron chi connectivity index (χ1n) is 10.3. The Bertz CT molecular complexity index is 951. The van der Waals surface area contributed by atoms with Gasteiger partial charge in [0.05, 0.1) is 10.2 Å². The van der Waals surface area contributed by atoms with E-state index in [1.807, 2.05) is 6.07 Å². The quantitative estimate of drug-likeness (QED) is 0.660. The van der Waals surface area contributed by atoms with Crippen molar-refractivity contribution in [3.05, 3.63) is 47.8 Å².